The Bertz CT molecular complexity index is 1880. The molecule has 0 spiro atoms. The molecule has 3 N–H and O–H groups in total. The monoisotopic (exact) mass is 713 g/mol. The molecular formula is C38H43N5O9. The summed E-state index contributed by atoms with van der Waals surface area (Å²) in [5, 5.41) is 16.7. The van der Waals surface area contributed by atoms with Crippen LogP contribution < -0.4 is 10.6 Å². The van der Waals surface area contributed by atoms with Crippen LogP contribution in [0.4, 0.5) is 10.6 Å². The van der Waals surface area contributed by atoms with Crippen molar-refractivity contribution >= 4 is 46.4 Å². The predicted molar refractivity (Wildman–Crippen MR) is 190 cm³/mol. The van der Waals surface area contributed by atoms with Crippen molar-refractivity contribution in [2.45, 2.75) is 64.7 Å². The second kappa shape index (κ2) is 17.5. The number of rotatable bonds is 4. The van der Waals surface area contributed by atoms with Gasteiger partial charge in [0.2, 0.25) is 11.8 Å². The number of oxazole rings is 1. The molecule has 0 saturated carbocycles. The molecule has 2 aliphatic rings. The Morgan fingerprint density at radius 3 is 2.77 bits per heavy atom. The highest BCUT2D eigenvalue weighted by Crippen LogP contribution is 2.26. The molecule has 1 saturated heterocycles. The minimum absolute atomic E-state index is 0.0172. The van der Waals surface area contributed by atoms with E-state index in [1.54, 1.807) is 45.1 Å². The molecule has 0 aliphatic carbocycles. The van der Waals surface area contributed by atoms with Gasteiger partial charge in [0.05, 0.1) is 24.6 Å². The van der Waals surface area contributed by atoms with Gasteiger partial charge in [0.25, 0.3) is 5.91 Å². The van der Waals surface area contributed by atoms with Gasteiger partial charge in [-0.05, 0) is 44.0 Å². The van der Waals surface area contributed by atoms with Gasteiger partial charge in [-0.2, -0.15) is 0 Å². The summed E-state index contributed by atoms with van der Waals surface area (Å²) < 4.78 is 17.0. The lowest BCUT2D eigenvalue weighted by Crippen LogP contribution is -2.44. The number of benzene rings is 1. The maximum atomic E-state index is 13.7. The number of hydrogen-bond donors (Lipinski definition) is 3. The summed E-state index contributed by atoms with van der Waals surface area (Å²) >= 11 is 0. The minimum atomic E-state index is -1.05. The number of nitrogens with zero attached hydrogens (tertiary/aromatic N) is 3. The summed E-state index contributed by atoms with van der Waals surface area (Å²) in [6.07, 6.45) is 6.84. The number of aromatic nitrogens is 2. The Morgan fingerprint density at radius 1 is 1.13 bits per heavy atom. The number of amides is 3. The van der Waals surface area contributed by atoms with E-state index in [4.69, 9.17) is 13.9 Å². The van der Waals surface area contributed by atoms with Crippen LogP contribution in [0.3, 0.4) is 0 Å². The van der Waals surface area contributed by atoms with Crippen LogP contribution in [0.5, 0.6) is 0 Å². The topological polar surface area (TPSA) is 190 Å². The standard InChI is InChI=1S/C38H43N5O9/c1-23-8-6-16-39-33(46)15-12-24(2)35(25(3)21-51-38(49)42-32-14-13-26-9-4-5-10-29(26)40-32)52-37(48)31-11-7-17-43(31)36(47)30-22-50-34(41-30)20-28(45)19-27(44)18-23/h4-6,8-10,12-15,18,22,24-25,27,31,35,44H,7,11,16-17,19-21H2,1-3H3,(H,39,46)(H,40,42,49)/b8-6+,15-12+,23-18+/t24-,25-,27-,31-,35+/m1/s1. The zero-order chi connectivity index (χ0) is 37.2. The number of ether oxygens (including phenoxy) is 2. The van der Waals surface area contributed by atoms with Gasteiger partial charge >= 0.3 is 12.1 Å². The number of para-hydroxylation sites is 1. The number of anilines is 1. The van der Waals surface area contributed by atoms with Crippen LogP contribution in [0.15, 0.2) is 83.0 Å². The number of fused-ring (bicyclic) bond motifs is 4. The molecule has 3 amide bonds. The van der Waals surface area contributed by atoms with Crippen LogP contribution in [0.1, 0.15) is 56.4 Å². The fourth-order valence-electron chi connectivity index (χ4n) is 6.13. The molecule has 2 bridgehead atoms. The van der Waals surface area contributed by atoms with E-state index in [-0.39, 0.29) is 49.9 Å². The number of cyclic esters (lactones) is 1. The van der Waals surface area contributed by atoms with E-state index in [0.717, 1.165) is 11.6 Å². The first-order valence-corrected chi connectivity index (χ1v) is 17.2. The number of esters is 1. The highest BCUT2D eigenvalue weighted by Gasteiger charge is 2.39. The van der Waals surface area contributed by atoms with Crippen LogP contribution in [-0.2, 0) is 30.3 Å². The summed E-state index contributed by atoms with van der Waals surface area (Å²) in [5.74, 6) is -2.67. The van der Waals surface area contributed by atoms with E-state index in [0.29, 0.717) is 29.7 Å². The van der Waals surface area contributed by atoms with Gasteiger partial charge in [-0.1, -0.05) is 61.9 Å². The smallest absolute Gasteiger partial charge is 0.412 e. The van der Waals surface area contributed by atoms with Crippen LogP contribution in [-0.4, -0.2) is 87.6 Å². The summed E-state index contributed by atoms with van der Waals surface area (Å²) in [5.41, 5.74) is 1.33. The lowest BCUT2D eigenvalue weighted by molar-refractivity contribution is -0.159. The van der Waals surface area contributed by atoms with Crippen molar-refractivity contribution in [2.24, 2.45) is 11.8 Å². The van der Waals surface area contributed by atoms with Crippen LogP contribution >= 0.6 is 0 Å². The van der Waals surface area contributed by atoms with Gasteiger partial charge in [0.15, 0.2) is 5.69 Å². The lowest BCUT2D eigenvalue weighted by atomic mass is 9.93. The Balaban J connectivity index is 1.32. The van der Waals surface area contributed by atoms with Crippen LogP contribution in [0.25, 0.3) is 10.9 Å². The van der Waals surface area contributed by atoms with E-state index >= 15 is 0 Å². The van der Waals surface area contributed by atoms with Gasteiger partial charge in [0, 0.05) is 36.7 Å². The largest absolute Gasteiger partial charge is 0.460 e. The van der Waals surface area contributed by atoms with Gasteiger partial charge in [-0.3, -0.25) is 19.7 Å². The molecule has 14 nitrogen and oxygen atoms in total. The van der Waals surface area contributed by atoms with E-state index < -0.39 is 54.0 Å². The quantitative estimate of drug-likeness (QED) is 0.327. The highest BCUT2D eigenvalue weighted by molar-refractivity contribution is 5.95. The Kier molecular flexibility index (Phi) is 12.7. The number of aliphatic hydroxyl groups is 1. The Morgan fingerprint density at radius 2 is 1.94 bits per heavy atom. The first kappa shape index (κ1) is 37.6. The van der Waals surface area contributed by atoms with Gasteiger partial charge in [0.1, 0.15) is 30.0 Å². The van der Waals surface area contributed by atoms with Gasteiger partial charge in [-0.15, -0.1) is 0 Å². The van der Waals surface area contributed by atoms with Crippen LogP contribution in [0, 0.1) is 11.8 Å². The number of allylic oxidation sites excluding steroid dienone is 2. The Labute approximate surface area is 301 Å². The maximum absolute atomic E-state index is 13.7. The van der Waals surface area contributed by atoms with E-state index in [1.165, 1.54) is 17.1 Å². The number of hydrogen-bond acceptors (Lipinski definition) is 11. The first-order chi connectivity index (χ1) is 25.0. The van der Waals surface area contributed by atoms with Crippen molar-refractivity contribution in [1.82, 2.24) is 20.2 Å². The third-order valence-corrected chi connectivity index (χ3v) is 8.76. The molecule has 2 aromatic heterocycles. The molecule has 0 unspecified atom stereocenters. The number of nitrogens with one attached hydrogen (secondary N) is 2. The number of carbonyl (C=O) groups excluding carboxylic acids is 5. The first-order valence-electron chi connectivity index (χ1n) is 17.2. The van der Waals surface area contributed by atoms with Gasteiger partial charge < -0.3 is 29.2 Å². The summed E-state index contributed by atoms with van der Waals surface area (Å²) in [6.45, 7) is 5.61. The van der Waals surface area contributed by atoms with Crippen molar-refractivity contribution in [3.63, 3.8) is 0 Å². The normalized spacial score (nSPS) is 25.2. The summed E-state index contributed by atoms with van der Waals surface area (Å²) in [6, 6.07) is 10.0. The second-order valence-electron chi connectivity index (χ2n) is 13.0. The average Bonchev–Trinajstić information content (AvgIpc) is 3.80. The molecule has 14 heteroatoms. The molecule has 5 atom stereocenters. The van der Waals surface area contributed by atoms with Crippen molar-refractivity contribution < 1.29 is 43.0 Å². The van der Waals surface area contributed by atoms with Crippen molar-refractivity contribution in [3.8, 4) is 0 Å². The Hall–Kier alpha value is -5.63. The molecule has 3 aromatic rings. The SMILES string of the molecule is CC1=C\[C@@H](O)CC(=O)Cc2nc(co2)C(=O)N2CCC[C@@H]2C(=O)O[C@H]([C@H](C)COC(=O)Nc2ccc3ccccc3n2)[C@H](C)/C=C/C(=O)NC\C=C\1. The zero-order valence-electron chi connectivity index (χ0n) is 29.3. The number of aliphatic hydroxyl groups excluding tert-OH is 1. The fourth-order valence-corrected chi connectivity index (χ4v) is 6.13. The zero-order valence-corrected chi connectivity index (χ0v) is 29.3. The van der Waals surface area contributed by atoms with E-state index in [9.17, 15) is 29.1 Å². The summed E-state index contributed by atoms with van der Waals surface area (Å²) in [7, 11) is 0. The average molecular weight is 714 g/mol. The molecule has 4 heterocycles. The maximum Gasteiger partial charge on any atom is 0.412 e. The third-order valence-electron chi connectivity index (χ3n) is 8.76. The highest BCUT2D eigenvalue weighted by atomic mass is 16.6. The molecule has 1 aromatic carbocycles. The second-order valence-corrected chi connectivity index (χ2v) is 13.0. The number of ketones is 1. The minimum Gasteiger partial charge on any atom is -0.460 e. The lowest BCUT2D eigenvalue weighted by Gasteiger charge is -2.30. The molecule has 52 heavy (non-hydrogen) atoms. The molecule has 1 fully saturated rings. The van der Waals surface area contributed by atoms with Crippen molar-refractivity contribution in [3.05, 3.63) is 90.2 Å². The fraction of sp³-hybridized carbons (Fsp3) is 0.395. The molecule has 0 radical (unpaired) electrons. The summed E-state index contributed by atoms with van der Waals surface area (Å²) in [4.78, 5) is 75.2. The van der Waals surface area contributed by atoms with E-state index in [1.807, 2.05) is 30.3 Å². The number of Topliss-reactive ketones (excluding diaryl/α,β-unsaturated/α-hetero) is 1. The van der Waals surface area contributed by atoms with E-state index in [2.05, 4.69) is 20.6 Å². The number of pyridine rings is 1. The van der Waals surface area contributed by atoms with Crippen LogP contribution in [0.2, 0.25) is 0 Å². The van der Waals surface area contributed by atoms with Crippen molar-refractivity contribution in [2.75, 3.05) is 25.0 Å². The predicted octanol–water partition coefficient (Wildman–Crippen LogP) is 4.31. The molecule has 2 aliphatic heterocycles. The molecule has 5 rings (SSSR count). The number of carbonyl (C=O) groups is 5. The van der Waals surface area contributed by atoms with Gasteiger partial charge in [-0.25, -0.2) is 19.6 Å². The van der Waals surface area contributed by atoms with Crippen molar-refractivity contribution in [1.29, 1.82) is 0 Å². The molecular weight excluding hydrogens is 670 g/mol. The molecule has 274 valence electrons. The third kappa shape index (κ3) is 10.2.